The Bertz CT molecular complexity index is 1100. The number of alkyl halides is 1. The molecule has 1 unspecified atom stereocenters. The van der Waals surface area contributed by atoms with Crippen LogP contribution in [0, 0.1) is 0 Å². The molecular weight excluding hydrogens is 387 g/mol. The van der Waals surface area contributed by atoms with E-state index < -0.39 is 6.17 Å². The van der Waals surface area contributed by atoms with Crippen molar-refractivity contribution in [2.24, 2.45) is 0 Å². The first-order valence-electron chi connectivity index (χ1n) is 9.92. The first-order valence-corrected chi connectivity index (χ1v) is 9.92. The number of fused-ring (bicyclic) bond motifs is 1. The SMILES string of the molecule is O=C1CNCCN1c1cnc(/C=C/c2cnc3ccc(N4CCC(F)C4)nn23)cn1. The lowest BCUT2D eigenvalue weighted by Crippen LogP contribution is -2.48. The van der Waals surface area contributed by atoms with Gasteiger partial charge in [0.05, 0.1) is 43.1 Å². The normalized spacial score (nSPS) is 20.0. The maximum Gasteiger partial charge on any atom is 0.242 e. The van der Waals surface area contributed by atoms with Crippen molar-refractivity contribution in [1.29, 1.82) is 0 Å². The standard InChI is InChI=1S/C20H21FN8O/c21-14-5-7-27(13-14)18-4-3-17-25-10-16(29(17)26-18)2-1-15-9-24-19(11-23-15)28-8-6-22-12-20(28)30/h1-4,9-11,14,22H,5-8,12-13H2/b2-1+. The number of imidazole rings is 1. The topological polar surface area (TPSA) is 91.5 Å². The van der Waals surface area contributed by atoms with Crippen LogP contribution in [0.25, 0.3) is 17.8 Å². The van der Waals surface area contributed by atoms with E-state index in [1.165, 1.54) is 0 Å². The highest BCUT2D eigenvalue weighted by molar-refractivity contribution is 5.94. The zero-order valence-corrected chi connectivity index (χ0v) is 16.3. The molecule has 0 aliphatic carbocycles. The first kappa shape index (κ1) is 18.6. The molecule has 1 N–H and O–H groups in total. The number of piperazine rings is 1. The molecule has 9 nitrogen and oxygen atoms in total. The number of anilines is 2. The third-order valence-electron chi connectivity index (χ3n) is 5.28. The van der Waals surface area contributed by atoms with Gasteiger partial charge >= 0.3 is 0 Å². The predicted molar refractivity (Wildman–Crippen MR) is 111 cm³/mol. The summed E-state index contributed by atoms with van der Waals surface area (Å²) in [4.78, 5) is 28.7. The Morgan fingerprint density at radius 1 is 1.07 bits per heavy atom. The van der Waals surface area contributed by atoms with E-state index in [9.17, 15) is 9.18 Å². The van der Waals surface area contributed by atoms with E-state index in [0.717, 1.165) is 18.1 Å². The maximum atomic E-state index is 13.5. The smallest absolute Gasteiger partial charge is 0.242 e. The number of hydrogen-bond acceptors (Lipinski definition) is 7. The minimum Gasteiger partial charge on any atom is -0.352 e. The Labute approximate surface area is 172 Å². The second-order valence-electron chi connectivity index (χ2n) is 7.33. The van der Waals surface area contributed by atoms with Gasteiger partial charge in [0.2, 0.25) is 5.91 Å². The van der Waals surface area contributed by atoms with Crippen LogP contribution in [-0.2, 0) is 4.79 Å². The summed E-state index contributed by atoms with van der Waals surface area (Å²) in [5.41, 5.74) is 2.16. The Kier molecular flexibility index (Phi) is 4.83. The fourth-order valence-corrected chi connectivity index (χ4v) is 3.67. The fraction of sp³-hybridized carbons (Fsp3) is 0.350. The third-order valence-corrected chi connectivity index (χ3v) is 5.28. The predicted octanol–water partition coefficient (Wildman–Crippen LogP) is 1.17. The van der Waals surface area contributed by atoms with Crippen molar-refractivity contribution in [1.82, 2.24) is 29.9 Å². The molecule has 5 heterocycles. The summed E-state index contributed by atoms with van der Waals surface area (Å²) >= 11 is 0. The molecule has 1 atom stereocenters. The number of carbonyl (C=O) groups excluding carboxylic acids is 1. The number of hydrogen-bond donors (Lipinski definition) is 1. The van der Waals surface area contributed by atoms with Gasteiger partial charge in [-0.25, -0.2) is 18.9 Å². The monoisotopic (exact) mass is 408 g/mol. The van der Waals surface area contributed by atoms with Crippen molar-refractivity contribution < 1.29 is 9.18 Å². The summed E-state index contributed by atoms with van der Waals surface area (Å²) in [6.07, 6.45) is 8.38. The van der Waals surface area contributed by atoms with E-state index in [4.69, 9.17) is 0 Å². The molecule has 0 radical (unpaired) electrons. The lowest BCUT2D eigenvalue weighted by atomic mass is 10.3. The molecular formula is C20H21FN8O. The summed E-state index contributed by atoms with van der Waals surface area (Å²) in [5, 5.41) is 7.66. The second kappa shape index (κ2) is 7.79. The number of aromatic nitrogens is 5. The van der Waals surface area contributed by atoms with Crippen LogP contribution < -0.4 is 15.1 Å². The summed E-state index contributed by atoms with van der Waals surface area (Å²) < 4.78 is 15.3. The largest absolute Gasteiger partial charge is 0.352 e. The zero-order chi connectivity index (χ0) is 20.5. The molecule has 2 saturated heterocycles. The molecule has 1 amide bonds. The lowest BCUT2D eigenvalue weighted by Gasteiger charge is -2.25. The quantitative estimate of drug-likeness (QED) is 0.693. The van der Waals surface area contributed by atoms with E-state index in [0.29, 0.717) is 49.8 Å². The van der Waals surface area contributed by atoms with Crippen molar-refractivity contribution in [3.8, 4) is 0 Å². The minimum absolute atomic E-state index is 0.0106. The molecule has 5 rings (SSSR count). The molecule has 0 aromatic carbocycles. The summed E-state index contributed by atoms with van der Waals surface area (Å²) in [6.45, 7) is 2.67. The van der Waals surface area contributed by atoms with E-state index in [1.54, 1.807) is 28.0 Å². The molecule has 30 heavy (non-hydrogen) atoms. The van der Waals surface area contributed by atoms with Crippen molar-refractivity contribution in [3.63, 3.8) is 0 Å². The van der Waals surface area contributed by atoms with Crippen molar-refractivity contribution in [2.45, 2.75) is 12.6 Å². The first-order chi connectivity index (χ1) is 14.7. The van der Waals surface area contributed by atoms with Gasteiger partial charge in [0.15, 0.2) is 11.5 Å². The number of rotatable bonds is 4. The van der Waals surface area contributed by atoms with Crippen molar-refractivity contribution in [2.75, 3.05) is 42.5 Å². The average Bonchev–Trinajstić information content (AvgIpc) is 3.39. The van der Waals surface area contributed by atoms with Crippen LogP contribution >= 0.6 is 0 Å². The number of nitrogens with one attached hydrogen (secondary N) is 1. The van der Waals surface area contributed by atoms with Gasteiger partial charge in [-0.2, -0.15) is 0 Å². The second-order valence-corrected chi connectivity index (χ2v) is 7.33. The molecule has 3 aromatic rings. The van der Waals surface area contributed by atoms with Crippen molar-refractivity contribution >= 4 is 35.3 Å². The van der Waals surface area contributed by atoms with Gasteiger partial charge in [0, 0.05) is 19.6 Å². The van der Waals surface area contributed by atoms with Crippen LogP contribution in [-0.4, -0.2) is 69.4 Å². The van der Waals surface area contributed by atoms with Crippen LogP contribution in [0.3, 0.4) is 0 Å². The van der Waals surface area contributed by atoms with Crippen LogP contribution in [0.1, 0.15) is 17.8 Å². The van der Waals surface area contributed by atoms with Gasteiger partial charge in [-0.05, 0) is 30.7 Å². The summed E-state index contributed by atoms with van der Waals surface area (Å²) in [5.74, 6) is 1.28. The Morgan fingerprint density at radius 3 is 2.77 bits per heavy atom. The van der Waals surface area contributed by atoms with Crippen LogP contribution in [0.5, 0.6) is 0 Å². The lowest BCUT2D eigenvalue weighted by molar-refractivity contribution is -0.118. The molecule has 0 bridgehead atoms. The van der Waals surface area contributed by atoms with Crippen LogP contribution in [0.15, 0.2) is 30.7 Å². The van der Waals surface area contributed by atoms with Crippen LogP contribution in [0.4, 0.5) is 16.0 Å². The molecule has 2 aliphatic rings. The van der Waals surface area contributed by atoms with Gasteiger partial charge < -0.3 is 10.2 Å². The van der Waals surface area contributed by atoms with Crippen molar-refractivity contribution in [3.05, 3.63) is 42.1 Å². The van der Waals surface area contributed by atoms with Crippen LogP contribution in [0.2, 0.25) is 0 Å². The van der Waals surface area contributed by atoms with Gasteiger partial charge in [0.25, 0.3) is 0 Å². The average molecular weight is 408 g/mol. The maximum absolute atomic E-state index is 13.5. The third kappa shape index (κ3) is 3.61. The van der Waals surface area contributed by atoms with Gasteiger partial charge in [0.1, 0.15) is 12.0 Å². The molecule has 3 aromatic heterocycles. The number of carbonyl (C=O) groups is 1. The summed E-state index contributed by atoms with van der Waals surface area (Å²) in [6, 6.07) is 3.75. The fourth-order valence-electron chi connectivity index (χ4n) is 3.67. The minimum atomic E-state index is -0.803. The highest BCUT2D eigenvalue weighted by Gasteiger charge is 2.23. The Balaban J connectivity index is 1.35. The van der Waals surface area contributed by atoms with Gasteiger partial charge in [-0.1, -0.05) is 0 Å². The molecule has 10 heteroatoms. The van der Waals surface area contributed by atoms with E-state index in [1.807, 2.05) is 29.2 Å². The number of halogens is 1. The molecule has 2 aliphatic heterocycles. The Hall–Kier alpha value is -3.40. The molecule has 0 saturated carbocycles. The Morgan fingerprint density at radius 2 is 2.00 bits per heavy atom. The van der Waals surface area contributed by atoms with E-state index >= 15 is 0 Å². The van der Waals surface area contributed by atoms with Gasteiger partial charge in [-0.3, -0.25) is 14.7 Å². The van der Waals surface area contributed by atoms with E-state index in [2.05, 4.69) is 25.4 Å². The highest BCUT2D eigenvalue weighted by Crippen LogP contribution is 2.21. The zero-order valence-electron chi connectivity index (χ0n) is 16.3. The number of amides is 1. The summed E-state index contributed by atoms with van der Waals surface area (Å²) in [7, 11) is 0. The highest BCUT2D eigenvalue weighted by atomic mass is 19.1. The molecule has 2 fully saturated rings. The van der Waals surface area contributed by atoms with Gasteiger partial charge in [-0.15, -0.1) is 5.10 Å². The molecule has 0 spiro atoms. The number of nitrogens with zero attached hydrogens (tertiary/aromatic N) is 7. The molecule has 154 valence electrons. The van der Waals surface area contributed by atoms with E-state index in [-0.39, 0.29) is 5.91 Å².